The van der Waals surface area contributed by atoms with Gasteiger partial charge in [0.15, 0.2) is 6.29 Å². The summed E-state index contributed by atoms with van der Waals surface area (Å²) in [6, 6.07) is 13.7. The molecule has 0 saturated carbocycles. The highest BCUT2D eigenvalue weighted by Gasteiger charge is 2.11. The molecule has 0 bridgehead atoms. The molecule has 3 rings (SSSR count). The first-order valence-corrected chi connectivity index (χ1v) is 6.40. The Labute approximate surface area is 108 Å². The lowest BCUT2D eigenvalue weighted by atomic mass is 10.2. The SMILES string of the molecule is O=Cc1cn(-c2ccccc2)nc1-c1cccs1. The van der Waals surface area contributed by atoms with Gasteiger partial charge in [0.2, 0.25) is 0 Å². The van der Waals surface area contributed by atoms with Crippen molar-refractivity contribution < 1.29 is 4.79 Å². The number of carbonyl (C=O) groups excluding carboxylic acids is 1. The number of carbonyl (C=O) groups is 1. The first-order chi connectivity index (χ1) is 8.88. The highest BCUT2D eigenvalue weighted by molar-refractivity contribution is 7.13. The van der Waals surface area contributed by atoms with Gasteiger partial charge in [0.25, 0.3) is 0 Å². The minimum absolute atomic E-state index is 0.612. The normalized spacial score (nSPS) is 10.4. The van der Waals surface area contributed by atoms with E-state index >= 15 is 0 Å². The Hall–Kier alpha value is -2.20. The lowest BCUT2D eigenvalue weighted by molar-refractivity contribution is 0.112. The minimum atomic E-state index is 0.612. The zero-order chi connectivity index (χ0) is 12.4. The van der Waals surface area contributed by atoms with Crippen LogP contribution in [0.2, 0.25) is 0 Å². The minimum Gasteiger partial charge on any atom is -0.298 e. The summed E-state index contributed by atoms with van der Waals surface area (Å²) in [4.78, 5) is 12.1. The number of thiophene rings is 1. The summed E-state index contributed by atoms with van der Waals surface area (Å²) >= 11 is 1.58. The van der Waals surface area contributed by atoms with Crippen molar-refractivity contribution in [1.29, 1.82) is 0 Å². The van der Waals surface area contributed by atoms with Crippen molar-refractivity contribution in [3.63, 3.8) is 0 Å². The molecule has 0 spiro atoms. The molecule has 88 valence electrons. The van der Waals surface area contributed by atoms with Crippen LogP contribution in [0.15, 0.2) is 54.0 Å². The second-order valence-corrected chi connectivity index (χ2v) is 4.76. The first-order valence-electron chi connectivity index (χ1n) is 5.52. The van der Waals surface area contributed by atoms with Gasteiger partial charge in [-0.2, -0.15) is 5.10 Å². The van der Waals surface area contributed by atoms with E-state index in [0.29, 0.717) is 5.56 Å². The average Bonchev–Trinajstić information content (AvgIpc) is 3.08. The Balaban J connectivity index is 2.12. The summed E-state index contributed by atoms with van der Waals surface area (Å²) in [6.07, 6.45) is 2.61. The molecule has 0 aliphatic carbocycles. The summed E-state index contributed by atoms with van der Waals surface area (Å²) in [7, 11) is 0. The average molecular weight is 254 g/mol. The van der Waals surface area contributed by atoms with E-state index in [9.17, 15) is 4.79 Å². The molecule has 4 heteroatoms. The number of aldehydes is 1. The van der Waals surface area contributed by atoms with Crippen LogP contribution in [0, 0.1) is 0 Å². The largest absolute Gasteiger partial charge is 0.298 e. The Morgan fingerprint density at radius 2 is 1.94 bits per heavy atom. The quantitative estimate of drug-likeness (QED) is 0.671. The Morgan fingerprint density at radius 1 is 1.11 bits per heavy atom. The maximum Gasteiger partial charge on any atom is 0.153 e. The maximum atomic E-state index is 11.1. The third-order valence-electron chi connectivity index (χ3n) is 2.64. The van der Waals surface area contributed by atoms with Crippen molar-refractivity contribution in [1.82, 2.24) is 9.78 Å². The molecule has 3 nitrogen and oxygen atoms in total. The predicted molar refractivity (Wildman–Crippen MR) is 72.3 cm³/mol. The standard InChI is InChI=1S/C14H10N2OS/c17-10-11-9-16(12-5-2-1-3-6-12)15-14(11)13-7-4-8-18-13/h1-10H. The van der Waals surface area contributed by atoms with E-state index in [-0.39, 0.29) is 0 Å². The third kappa shape index (κ3) is 1.87. The van der Waals surface area contributed by atoms with Crippen LogP contribution in [0.5, 0.6) is 0 Å². The number of aromatic nitrogens is 2. The van der Waals surface area contributed by atoms with Crippen molar-refractivity contribution in [2.75, 3.05) is 0 Å². The van der Waals surface area contributed by atoms with Crippen molar-refractivity contribution in [3.05, 3.63) is 59.6 Å². The van der Waals surface area contributed by atoms with Gasteiger partial charge in [0.05, 0.1) is 16.1 Å². The maximum absolute atomic E-state index is 11.1. The van der Waals surface area contributed by atoms with Crippen LogP contribution >= 0.6 is 11.3 Å². The number of nitrogens with zero attached hydrogens (tertiary/aromatic N) is 2. The van der Waals surface area contributed by atoms with Gasteiger partial charge in [-0.3, -0.25) is 4.79 Å². The zero-order valence-corrected chi connectivity index (χ0v) is 10.3. The monoisotopic (exact) mass is 254 g/mol. The van der Waals surface area contributed by atoms with Crippen LogP contribution in [-0.4, -0.2) is 16.1 Å². The molecule has 0 amide bonds. The summed E-state index contributed by atoms with van der Waals surface area (Å²) < 4.78 is 1.73. The topological polar surface area (TPSA) is 34.9 Å². The van der Waals surface area contributed by atoms with Crippen LogP contribution in [0.3, 0.4) is 0 Å². The number of rotatable bonds is 3. The molecule has 2 aromatic heterocycles. The highest BCUT2D eigenvalue weighted by Crippen LogP contribution is 2.26. The van der Waals surface area contributed by atoms with E-state index in [1.807, 2.05) is 47.8 Å². The highest BCUT2D eigenvalue weighted by atomic mass is 32.1. The molecule has 18 heavy (non-hydrogen) atoms. The molecular weight excluding hydrogens is 244 g/mol. The van der Waals surface area contributed by atoms with Crippen LogP contribution in [-0.2, 0) is 0 Å². The van der Waals surface area contributed by atoms with Gasteiger partial charge in [-0.05, 0) is 23.6 Å². The Bertz CT molecular complexity index is 656. The van der Waals surface area contributed by atoms with Gasteiger partial charge in [0, 0.05) is 6.20 Å². The number of hydrogen-bond donors (Lipinski definition) is 0. The molecule has 0 unspecified atom stereocenters. The zero-order valence-electron chi connectivity index (χ0n) is 9.48. The summed E-state index contributed by atoms with van der Waals surface area (Å²) in [5, 5.41) is 6.47. The first kappa shape index (κ1) is 10.9. The molecule has 0 radical (unpaired) electrons. The van der Waals surface area contributed by atoms with E-state index < -0.39 is 0 Å². The van der Waals surface area contributed by atoms with E-state index in [0.717, 1.165) is 22.5 Å². The van der Waals surface area contributed by atoms with Crippen molar-refractivity contribution in [2.24, 2.45) is 0 Å². The van der Waals surface area contributed by atoms with Gasteiger partial charge < -0.3 is 0 Å². The third-order valence-corrected chi connectivity index (χ3v) is 3.52. The molecule has 0 fully saturated rings. The number of hydrogen-bond acceptors (Lipinski definition) is 3. The molecule has 0 aliphatic rings. The van der Waals surface area contributed by atoms with Gasteiger partial charge in [-0.15, -0.1) is 11.3 Å². The van der Waals surface area contributed by atoms with Crippen LogP contribution in [0.4, 0.5) is 0 Å². The van der Waals surface area contributed by atoms with Crippen LogP contribution in [0.25, 0.3) is 16.3 Å². The van der Waals surface area contributed by atoms with Gasteiger partial charge in [-0.25, -0.2) is 4.68 Å². The molecular formula is C14H10N2OS. The fourth-order valence-corrected chi connectivity index (χ4v) is 2.52. The summed E-state index contributed by atoms with van der Waals surface area (Å²) in [5.74, 6) is 0. The van der Waals surface area contributed by atoms with Crippen molar-refractivity contribution in [3.8, 4) is 16.3 Å². The smallest absolute Gasteiger partial charge is 0.153 e. The van der Waals surface area contributed by atoms with Gasteiger partial charge in [0.1, 0.15) is 5.69 Å². The summed E-state index contributed by atoms with van der Waals surface area (Å²) in [5.41, 5.74) is 2.30. The molecule has 2 heterocycles. The van der Waals surface area contributed by atoms with E-state index in [1.165, 1.54) is 0 Å². The van der Waals surface area contributed by atoms with Gasteiger partial charge in [-0.1, -0.05) is 24.3 Å². The molecule has 0 aliphatic heterocycles. The Kier molecular flexibility index (Phi) is 2.78. The van der Waals surface area contributed by atoms with Gasteiger partial charge >= 0.3 is 0 Å². The fourth-order valence-electron chi connectivity index (χ4n) is 1.79. The summed E-state index contributed by atoms with van der Waals surface area (Å²) in [6.45, 7) is 0. The second kappa shape index (κ2) is 4.58. The second-order valence-electron chi connectivity index (χ2n) is 3.81. The van der Waals surface area contributed by atoms with E-state index in [1.54, 1.807) is 22.2 Å². The van der Waals surface area contributed by atoms with Crippen molar-refractivity contribution in [2.45, 2.75) is 0 Å². The Morgan fingerprint density at radius 3 is 2.61 bits per heavy atom. The lowest BCUT2D eigenvalue weighted by Gasteiger charge is -1.98. The molecule has 0 saturated heterocycles. The molecule has 0 N–H and O–H groups in total. The molecule has 0 atom stereocenters. The molecule has 3 aromatic rings. The number of benzene rings is 1. The lowest BCUT2D eigenvalue weighted by Crippen LogP contribution is -1.93. The van der Waals surface area contributed by atoms with E-state index in [2.05, 4.69) is 5.10 Å². The van der Waals surface area contributed by atoms with E-state index in [4.69, 9.17) is 0 Å². The fraction of sp³-hybridized carbons (Fsp3) is 0. The number of para-hydroxylation sites is 1. The van der Waals surface area contributed by atoms with Crippen LogP contribution < -0.4 is 0 Å². The predicted octanol–water partition coefficient (Wildman–Crippen LogP) is 3.41. The van der Waals surface area contributed by atoms with Crippen molar-refractivity contribution >= 4 is 17.6 Å². The molecule has 1 aromatic carbocycles. The van der Waals surface area contributed by atoms with Crippen LogP contribution in [0.1, 0.15) is 10.4 Å².